The zero-order valence-corrected chi connectivity index (χ0v) is 11.4. The molecule has 1 aliphatic rings. The van der Waals surface area contributed by atoms with Crippen LogP contribution < -0.4 is 5.73 Å². The lowest BCUT2D eigenvalue weighted by Gasteiger charge is -2.28. The van der Waals surface area contributed by atoms with Crippen LogP contribution in [0.1, 0.15) is 36.0 Å². The summed E-state index contributed by atoms with van der Waals surface area (Å²) < 4.78 is 27.0. The van der Waals surface area contributed by atoms with Gasteiger partial charge in [-0.1, -0.05) is 18.0 Å². The molecule has 0 atom stereocenters. The van der Waals surface area contributed by atoms with Crippen LogP contribution in [0.15, 0.2) is 23.4 Å². The van der Waals surface area contributed by atoms with E-state index in [9.17, 15) is 13.6 Å². The SMILES string of the molecule is NC(CN(C(=O)c1cc(F)ccc1F)C1CCCC1)=NO. The van der Waals surface area contributed by atoms with Crippen molar-refractivity contribution in [2.75, 3.05) is 6.54 Å². The maximum atomic E-state index is 13.8. The predicted octanol–water partition coefficient (Wildman–Crippen LogP) is 2.10. The first-order chi connectivity index (χ1) is 10.0. The fourth-order valence-corrected chi connectivity index (χ4v) is 2.60. The molecule has 5 nitrogen and oxygen atoms in total. The van der Waals surface area contributed by atoms with Gasteiger partial charge in [-0.05, 0) is 31.0 Å². The van der Waals surface area contributed by atoms with Gasteiger partial charge in [0.25, 0.3) is 5.91 Å². The summed E-state index contributed by atoms with van der Waals surface area (Å²) >= 11 is 0. The third-order valence-electron chi connectivity index (χ3n) is 3.65. The van der Waals surface area contributed by atoms with Crippen molar-refractivity contribution in [1.82, 2.24) is 4.90 Å². The largest absolute Gasteiger partial charge is 0.409 e. The van der Waals surface area contributed by atoms with Crippen LogP contribution in [0.4, 0.5) is 8.78 Å². The van der Waals surface area contributed by atoms with Gasteiger partial charge < -0.3 is 15.8 Å². The molecule has 0 aromatic heterocycles. The fourth-order valence-electron chi connectivity index (χ4n) is 2.60. The Hall–Kier alpha value is -2.18. The summed E-state index contributed by atoms with van der Waals surface area (Å²) in [5, 5.41) is 11.5. The number of hydrogen-bond acceptors (Lipinski definition) is 3. The second-order valence-corrected chi connectivity index (χ2v) is 5.09. The number of rotatable bonds is 4. The number of benzene rings is 1. The van der Waals surface area contributed by atoms with E-state index in [1.54, 1.807) is 0 Å². The molecule has 1 fully saturated rings. The van der Waals surface area contributed by atoms with Crippen molar-refractivity contribution in [2.45, 2.75) is 31.7 Å². The lowest BCUT2D eigenvalue weighted by molar-refractivity contribution is 0.0707. The Morgan fingerprint density at radius 1 is 1.38 bits per heavy atom. The number of oxime groups is 1. The van der Waals surface area contributed by atoms with Crippen LogP contribution in [0.3, 0.4) is 0 Å². The Morgan fingerprint density at radius 3 is 2.67 bits per heavy atom. The van der Waals surface area contributed by atoms with E-state index in [1.807, 2.05) is 0 Å². The molecule has 0 aliphatic heterocycles. The molecule has 3 N–H and O–H groups in total. The van der Waals surface area contributed by atoms with Crippen LogP contribution in [0.25, 0.3) is 0 Å². The Labute approximate surface area is 121 Å². The van der Waals surface area contributed by atoms with E-state index in [0.717, 1.165) is 43.9 Å². The zero-order chi connectivity index (χ0) is 15.4. The molecule has 1 aromatic rings. The second-order valence-electron chi connectivity index (χ2n) is 5.09. The maximum Gasteiger partial charge on any atom is 0.257 e. The standard InChI is InChI=1S/C14H17F2N3O2/c15-9-5-6-12(16)11(7-9)14(20)19(8-13(17)18-21)10-3-1-2-4-10/h5-7,10,21H,1-4,8H2,(H2,17,18). The minimum atomic E-state index is -0.788. The van der Waals surface area contributed by atoms with E-state index in [-0.39, 0.29) is 24.0 Å². The number of amides is 1. The van der Waals surface area contributed by atoms with Crippen molar-refractivity contribution < 1.29 is 18.8 Å². The summed E-state index contributed by atoms with van der Waals surface area (Å²) in [5.74, 6) is -2.27. The molecule has 21 heavy (non-hydrogen) atoms. The van der Waals surface area contributed by atoms with Gasteiger partial charge in [-0.3, -0.25) is 4.79 Å². The van der Waals surface area contributed by atoms with Gasteiger partial charge in [0.15, 0.2) is 5.84 Å². The highest BCUT2D eigenvalue weighted by atomic mass is 19.1. The lowest BCUT2D eigenvalue weighted by Crippen LogP contribution is -2.44. The van der Waals surface area contributed by atoms with Crippen molar-refractivity contribution in [3.63, 3.8) is 0 Å². The Morgan fingerprint density at radius 2 is 2.05 bits per heavy atom. The molecule has 2 rings (SSSR count). The van der Waals surface area contributed by atoms with Gasteiger partial charge >= 0.3 is 0 Å². The molecule has 0 spiro atoms. The summed E-state index contributed by atoms with van der Waals surface area (Å²) in [7, 11) is 0. The normalized spacial score (nSPS) is 16.2. The van der Waals surface area contributed by atoms with Crippen LogP contribution in [-0.4, -0.2) is 34.4 Å². The molecule has 0 radical (unpaired) electrons. The number of carbonyl (C=O) groups excluding carboxylic acids is 1. The molecule has 1 amide bonds. The summed E-state index contributed by atoms with van der Waals surface area (Å²) in [6, 6.07) is 2.63. The molecule has 1 aromatic carbocycles. The highest BCUT2D eigenvalue weighted by Gasteiger charge is 2.29. The van der Waals surface area contributed by atoms with Crippen LogP contribution in [-0.2, 0) is 0 Å². The van der Waals surface area contributed by atoms with Crippen LogP contribution in [0.5, 0.6) is 0 Å². The van der Waals surface area contributed by atoms with E-state index >= 15 is 0 Å². The Bertz CT molecular complexity index is 557. The third kappa shape index (κ3) is 3.48. The molecule has 0 saturated heterocycles. The van der Waals surface area contributed by atoms with Crippen molar-refractivity contribution in [3.8, 4) is 0 Å². The summed E-state index contributed by atoms with van der Waals surface area (Å²) in [4.78, 5) is 13.8. The highest BCUT2D eigenvalue weighted by Crippen LogP contribution is 2.25. The van der Waals surface area contributed by atoms with E-state index in [1.165, 1.54) is 4.90 Å². The van der Waals surface area contributed by atoms with Gasteiger partial charge in [0.05, 0.1) is 12.1 Å². The third-order valence-corrected chi connectivity index (χ3v) is 3.65. The minimum Gasteiger partial charge on any atom is -0.409 e. The average Bonchev–Trinajstić information content (AvgIpc) is 3.00. The predicted molar refractivity (Wildman–Crippen MR) is 73.1 cm³/mol. The van der Waals surface area contributed by atoms with Crippen LogP contribution in [0, 0.1) is 11.6 Å². The molecule has 0 bridgehead atoms. The first-order valence-electron chi connectivity index (χ1n) is 6.75. The number of carbonyl (C=O) groups is 1. The monoisotopic (exact) mass is 297 g/mol. The van der Waals surface area contributed by atoms with Crippen LogP contribution in [0.2, 0.25) is 0 Å². The molecule has 114 valence electrons. The molecule has 0 unspecified atom stereocenters. The summed E-state index contributed by atoms with van der Waals surface area (Å²) in [6.07, 6.45) is 3.44. The molecule has 7 heteroatoms. The molecular weight excluding hydrogens is 280 g/mol. The van der Waals surface area contributed by atoms with Gasteiger partial charge in [0.2, 0.25) is 0 Å². The van der Waals surface area contributed by atoms with Crippen LogP contribution >= 0.6 is 0 Å². The van der Waals surface area contributed by atoms with Crippen molar-refractivity contribution in [3.05, 3.63) is 35.4 Å². The van der Waals surface area contributed by atoms with Gasteiger partial charge in [0.1, 0.15) is 11.6 Å². The van der Waals surface area contributed by atoms with Gasteiger partial charge in [0, 0.05) is 6.04 Å². The maximum absolute atomic E-state index is 13.8. The van der Waals surface area contributed by atoms with Gasteiger partial charge in [-0.25, -0.2) is 8.78 Å². The smallest absolute Gasteiger partial charge is 0.257 e. The number of amidine groups is 1. The Balaban J connectivity index is 2.30. The van der Waals surface area contributed by atoms with E-state index < -0.39 is 17.5 Å². The molecular formula is C14H17F2N3O2. The number of halogens is 2. The molecule has 1 aliphatic carbocycles. The van der Waals surface area contributed by atoms with E-state index in [2.05, 4.69) is 5.16 Å². The average molecular weight is 297 g/mol. The zero-order valence-electron chi connectivity index (χ0n) is 11.4. The van der Waals surface area contributed by atoms with Crippen molar-refractivity contribution in [1.29, 1.82) is 0 Å². The first-order valence-corrected chi connectivity index (χ1v) is 6.75. The lowest BCUT2D eigenvalue weighted by atomic mass is 10.1. The fraction of sp³-hybridized carbons (Fsp3) is 0.429. The number of nitrogens with two attached hydrogens (primary N) is 1. The van der Waals surface area contributed by atoms with E-state index in [4.69, 9.17) is 10.9 Å². The van der Waals surface area contributed by atoms with Gasteiger partial charge in [-0.2, -0.15) is 0 Å². The quantitative estimate of drug-likeness (QED) is 0.386. The summed E-state index contributed by atoms with van der Waals surface area (Å²) in [5.41, 5.74) is 5.12. The summed E-state index contributed by atoms with van der Waals surface area (Å²) in [6.45, 7) is -0.115. The second kappa shape index (κ2) is 6.51. The van der Waals surface area contributed by atoms with Gasteiger partial charge in [-0.15, -0.1) is 0 Å². The topological polar surface area (TPSA) is 78.9 Å². The number of nitrogens with zero attached hydrogens (tertiary/aromatic N) is 2. The Kier molecular flexibility index (Phi) is 4.72. The van der Waals surface area contributed by atoms with Crippen molar-refractivity contribution >= 4 is 11.7 Å². The van der Waals surface area contributed by atoms with Crippen molar-refractivity contribution in [2.24, 2.45) is 10.9 Å². The molecule has 1 saturated carbocycles. The number of hydrogen-bond donors (Lipinski definition) is 2. The minimum absolute atomic E-state index is 0.111. The first kappa shape index (κ1) is 15.2. The highest BCUT2D eigenvalue weighted by molar-refractivity contribution is 5.97. The molecule has 0 heterocycles. The van der Waals surface area contributed by atoms with E-state index in [0.29, 0.717) is 0 Å².